The maximum atomic E-state index is 14.5. The van der Waals surface area contributed by atoms with Crippen molar-refractivity contribution < 1.29 is 32.6 Å². The van der Waals surface area contributed by atoms with Crippen molar-refractivity contribution in [3.05, 3.63) is 62.5 Å². The fourth-order valence-corrected chi connectivity index (χ4v) is 5.42. The molecule has 3 heterocycles. The summed E-state index contributed by atoms with van der Waals surface area (Å²) in [4.78, 5) is 34.8. The average molecular weight is 557 g/mol. The van der Waals surface area contributed by atoms with Crippen LogP contribution < -0.4 is 5.32 Å². The first kappa shape index (κ1) is 27.1. The van der Waals surface area contributed by atoms with E-state index < -0.39 is 54.6 Å². The summed E-state index contributed by atoms with van der Waals surface area (Å²) in [5.74, 6) is -6.02. The van der Waals surface area contributed by atoms with E-state index in [1.807, 2.05) is 0 Å². The van der Waals surface area contributed by atoms with Crippen LogP contribution >= 0.6 is 22.9 Å². The van der Waals surface area contributed by atoms with Crippen LogP contribution in [0.25, 0.3) is 0 Å². The lowest BCUT2D eigenvalue weighted by atomic mass is 9.94. The van der Waals surface area contributed by atoms with Crippen molar-refractivity contribution in [3.8, 4) is 0 Å². The number of nitrogens with one attached hydrogen (secondary N) is 1. The first-order chi connectivity index (χ1) is 17.5. The Morgan fingerprint density at radius 1 is 1.41 bits per heavy atom. The zero-order valence-electron chi connectivity index (χ0n) is 19.9. The lowest BCUT2D eigenvalue weighted by Crippen LogP contribution is -2.42. The molecule has 0 saturated carbocycles. The maximum Gasteiger partial charge on any atom is 0.338 e. The molecule has 2 aliphatic heterocycles. The number of carbonyl (C=O) groups excluding carboxylic acids is 1. The lowest BCUT2D eigenvalue weighted by molar-refractivity contribution is -0.141. The number of carboxylic acids is 1. The molecule has 0 amide bonds. The highest BCUT2D eigenvalue weighted by atomic mass is 35.5. The molecular weight excluding hydrogens is 533 g/mol. The molecule has 37 heavy (non-hydrogen) atoms. The Hall–Kier alpha value is -2.96. The summed E-state index contributed by atoms with van der Waals surface area (Å²) in [6.07, 6.45) is 1.06. The minimum absolute atomic E-state index is 0.00636. The van der Waals surface area contributed by atoms with Gasteiger partial charge in [-0.15, -0.1) is 11.3 Å². The molecule has 198 valence electrons. The number of likely N-dealkylation sites (tertiary alicyclic amines) is 1. The van der Waals surface area contributed by atoms with Crippen molar-refractivity contribution >= 4 is 40.7 Å². The number of esters is 1. The first-order valence-corrected chi connectivity index (χ1v) is 12.6. The van der Waals surface area contributed by atoms with Gasteiger partial charge in [-0.1, -0.05) is 24.6 Å². The third kappa shape index (κ3) is 5.97. The van der Waals surface area contributed by atoms with E-state index >= 15 is 0 Å². The highest BCUT2D eigenvalue weighted by Gasteiger charge is 2.46. The van der Waals surface area contributed by atoms with Gasteiger partial charge in [0.15, 0.2) is 10.8 Å². The van der Waals surface area contributed by atoms with E-state index in [4.69, 9.17) is 16.3 Å². The van der Waals surface area contributed by atoms with E-state index in [0.29, 0.717) is 10.6 Å². The Morgan fingerprint density at radius 2 is 2.16 bits per heavy atom. The first-order valence-electron chi connectivity index (χ1n) is 11.3. The molecule has 13 heteroatoms. The van der Waals surface area contributed by atoms with Crippen molar-refractivity contribution in [2.75, 3.05) is 20.2 Å². The third-order valence-corrected chi connectivity index (χ3v) is 7.42. The van der Waals surface area contributed by atoms with Crippen LogP contribution in [0.5, 0.6) is 0 Å². The Morgan fingerprint density at radius 3 is 2.78 bits per heavy atom. The second-order valence-corrected chi connectivity index (χ2v) is 10.3. The molecule has 2 aromatic rings. The Bertz CT molecular complexity index is 1250. The number of thiazole rings is 1. The van der Waals surface area contributed by atoms with E-state index in [-0.39, 0.29) is 35.1 Å². The van der Waals surface area contributed by atoms with E-state index in [0.717, 1.165) is 6.07 Å². The molecule has 2 N–H and O–H groups in total. The summed E-state index contributed by atoms with van der Waals surface area (Å²) in [6.45, 7) is 0.709. The molecule has 3 atom stereocenters. The number of nitrogens with zero attached hydrogens (tertiary/aromatic N) is 3. The fourth-order valence-electron chi connectivity index (χ4n) is 4.56. The second kappa shape index (κ2) is 10.8. The van der Waals surface area contributed by atoms with Crippen LogP contribution in [0.15, 0.2) is 46.0 Å². The number of aliphatic imine (C=N–C) groups is 1. The molecule has 0 aliphatic carbocycles. The second-order valence-electron chi connectivity index (χ2n) is 8.99. The van der Waals surface area contributed by atoms with E-state index in [2.05, 4.69) is 15.3 Å². The monoisotopic (exact) mass is 556 g/mol. The van der Waals surface area contributed by atoms with Gasteiger partial charge in [0.05, 0.1) is 25.1 Å². The molecular formula is C24H24ClF3N4O4S. The zero-order chi connectivity index (χ0) is 26.9. The van der Waals surface area contributed by atoms with Gasteiger partial charge >= 0.3 is 11.9 Å². The maximum absolute atomic E-state index is 14.5. The number of aromatic nitrogens is 1. The normalized spacial score (nSPS) is 22.4. The summed E-state index contributed by atoms with van der Waals surface area (Å²) >= 11 is 7.60. The Balaban J connectivity index is 1.79. The minimum Gasteiger partial charge on any atom is -0.481 e. The van der Waals surface area contributed by atoms with Gasteiger partial charge in [0.1, 0.15) is 11.9 Å². The van der Waals surface area contributed by atoms with Crippen LogP contribution in [0.3, 0.4) is 0 Å². The standard InChI is InChI=1S/C24H24ClF3N4O4S/c1-12(22(33)34)7-14-9-24(27,28)11-32(14)10-17-18(23(35)36-2)19(15-4-3-13(26)8-16(15)25)31-20(30-17)21-29-5-6-37-21/h3-6,8,12,14,19H,7,9-11H2,1-2H3,(H,30,31)(H,33,34)/t12?,14-,19-/m0/s1. The van der Waals surface area contributed by atoms with Crippen molar-refractivity contribution in [3.63, 3.8) is 0 Å². The minimum atomic E-state index is -3.03. The number of carbonyl (C=O) groups is 2. The smallest absolute Gasteiger partial charge is 0.338 e. The van der Waals surface area contributed by atoms with Gasteiger partial charge in [0.25, 0.3) is 5.92 Å². The number of amidine groups is 1. The molecule has 1 aromatic carbocycles. The quantitative estimate of drug-likeness (QED) is 0.468. The van der Waals surface area contributed by atoms with E-state index in [9.17, 15) is 27.9 Å². The van der Waals surface area contributed by atoms with Gasteiger partial charge < -0.3 is 15.2 Å². The van der Waals surface area contributed by atoms with E-state index in [1.54, 1.807) is 11.6 Å². The fraction of sp³-hybridized carbons (Fsp3) is 0.417. The number of hydrogen-bond donors (Lipinski definition) is 2. The zero-order valence-corrected chi connectivity index (χ0v) is 21.5. The SMILES string of the molecule is COC(=O)C1=C(CN2CC(F)(F)C[C@@H]2CC(C)C(=O)O)NC(c2nccs2)=N[C@H]1c1ccc(F)cc1Cl. The van der Waals surface area contributed by atoms with Gasteiger partial charge in [0, 0.05) is 46.9 Å². The number of benzene rings is 1. The van der Waals surface area contributed by atoms with Gasteiger partial charge in [-0.25, -0.2) is 22.9 Å². The number of alkyl halides is 2. The summed E-state index contributed by atoms with van der Waals surface area (Å²) < 4.78 is 47.8. The van der Waals surface area contributed by atoms with Crippen LogP contribution in [0.2, 0.25) is 5.02 Å². The number of rotatable bonds is 8. The van der Waals surface area contributed by atoms with Crippen molar-refractivity contribution in [1.29, 1.82) is 0 Å². The molecule has 1 unspecified atom stereocenters. The summed E-state index contributed by atoms with van der Waals surface area (Å²) in [6, 6.07) is 1.90. The number of carboxylic acid groups (broad SMARTS) is 1. The highest BCUT2D eigenvalue weighted by molar-refractivity contribution is 7.11. The molecule has 1 aromatic heterocycles. The van der Waals surface area contributed by atoms with Gasteiger partial charge in [-0.05, 0) is 18.6 Å². The Kier molecular flexibility index (Phi) is 7.91. The molecule has 4 rings (SSSR count). The molecule has 0 bridgehead atoms. The topological polar surface area (TPSA) is 104 Å². The molecule has 0 radical (unpaired) electrons. The largest absolute Gasteiger partial charge is 0.481 e. The summed E-state index contributed by atoms with van der Waals surface area (Å²) in [5, 5.41) is 14.6. The molecule has 8 nitrogen and oxygen atoms in total. The highest BCUT2D eigenvalue weighted by Crippen LogP contribution is 2.39. The summed E-state index contributed by atoms with van der Waals surface area (Å²) in [5.41, 5.74) is 0.582. The van der Waals surface area contributed by atoms with Gasteiger partial charge in [0.2, 0.25) is 0 Å². The van der Waals surface area contributed by atoms with Crippen LogP contribution in [-0.2, 0) is 14.3 Å². The van der Waals surface area contributed by atoms with Crippen molar-refractivity contribution in [2.24, 2.45) is 10.9 Å². The predicted octanol–water partition coefficient (Wildman–Crippen LogP) is 4.27. The number of ether oxygens (including phenoxy) is 1. The molecule has 2 aliphatic rings. The van der Waals surface area contributed by atoms with Crippen molar-refractivity contribution in [2.45, 2.75) is 37.8 Å². The average Bonchev–Trinajstić information content (AvgIpc) is 3.46. The van der Waals surface area contributed by atoms with Crippen LogP contribution in [0.1, 0.15) is 36.4 Å². The molecule has 1 saturated heterocycles. The Labute approximate surface area is 219 Å². The van der Waals surface area contributed by atoms with Crippen molar-refractivity contribution in [1.82, 2.24) is 15.2 Å². The summed E-state index contributed by atoms with van der Waals surface area (Å²) in [7, 11) is 1.18. The number of hydrogen-bond acceptors (Lipinski definition) is 8. The number of aliphatic carboxylic acids is 1. The van der Waals surface area contributed by atoms with E-state index in [1.165, 1.54) is 42.4 Å². The van der Waals surface area contributed by atoms with Crippen LogP contribution in [0.4, 0.5) is 13.2 Å². The van der Waals surface area contributed by atoms with Crippen LogP contribution in [-0.4, -0.2) is 64.9 Å². The number of methoxy groups -OCH3 is 1. The number of halogens is 4. The molecule has 0 spiro atoms. The van der Waals surface area contributed by atoms with Gasteiger partial charge in [-0.2, -0.15) is 0 Å². The predicted molar refractivity (Wildman–Crippen MR) is 131 cm³/mol. The lowest BCUT2D eigenvalue weighted by Gasteiger charge is -2.31. The third-order valence-electron chi connectivity index (χ3n) is 6.32. The van der Waals surface area contributed by atoms with Crippen LogP contribution in [0, 0.1) is 11.7 Å². The molecule has 1 fully saturated rings. The van der Waals surface area contributed by atoms with Gasteiger partial charge in [-0.3, -0.25) is 14.7 Å².